The van der Waals surface area contributed by atoms with Crippen LogP contribution in [0, 0.1) is 0 Å². The predicted octanol–water partition coefficient (Wildman–Crippen LogP) is 6.54. The molecule has 0 fully saturated rings. The lowest BCUT2D eigenvalue weighted by Gasteiger charge is -2.24. The smallest absolute Gasteiger partial charge is 0.150 e. The highest BCUT2D eigenvalue weighted by Crippen LogP contribution is 2.28. The Labute approximate surface area is 149 Å². The van der Waals surface area contributed by atoms with E-state index >= 15 is 0 Å². The van der Waals surface area contributed by atoms with Crippen molar-refractivity contribution in [1.82, 2.24) is 0 Å². The zero-order valence-electron chi connectivity index (χ0n) is 15.0. The Morgan fingerprint density at radius 2 is 1.22 bits per heavy atom. The van der Waals surface area contributed by atoms with Crippen LogP contribution in [0.1, 0.15) is 63.0 Å². The Morgan fingerprint density at radius 3 is 1.57 bits per heavy atom. The molecule has 0 aliphatic heterocycles. The molecule has 0 saturated carbocycles. The van der Waals surface area contributed by atoms with Crippen molar-refractivity contribution >= 4 is 22.2 Å². The fourth-order valence-electron chi connectivity index (χ4n) is 1.99. The van der Waals surface area contributed by atoms with E-state index in [-0.39, 0.29) is 10.8 Å². The lowest BCUT2D eigenvalue weighted by atomic mass is 9.81. The van der Waals surface area contributed by atoms with Gasteiger partial charge in [0.25, 0.3) is 0 Å². The molecule has 0 saturated heterocycles. The SMILES string of the molecule is CC(C)(C)c1cccc(C(C)(C)C)c1.O=Cc1ccc(Br)cc1. The molecule has 0 aliphatic carbocycles. The van der Waals surface area contributed by atoms with Gasteiger partial charge >= 0.3 is 0 Å². The molecule has 2 aromatic carbocycles. The molecule has 2 aromatic rings. The number of carbonyl (C=O) groups excluding carboxylic acids is 1. The van der Waals surface area contributed by atoms with Gasteiger partial charge in [0, 0.05) is 10.0 Å². The van der Waals surface area contributed by atoms with Gasteiger partial charge in [0.05, 0.1) is 0 Å². The van der Waals surface area contributed by atoms with Crippen LogP contribution in [0.5, 0.6) is 0 Å². The Morgan fingerprint density at radius 1 is 0.783 bits per heavy atom. The van der Waals surface area contributed by atoms with Crippen molar-refractivity contribution in [2.75, 3.05) is 0 Å². The van der Waals surface area contributed by atoms with Crippen molar-refractivity contribution in [3.05, 3.63) is 69.7 Å². The Kier molecular flexibility index (Phi) is 6.76. The van der Waals surface area contributed by atoms with Gasteiger partial charge in [0.2, 0.25) is 0 Å². The monoisotopic (exact) mass is 374 g/mol. The molecule has 0 unspecified atom stereocenters. The quantitative estimate of drug-likeness (QED) is 0.517. The molecule has 0 amide bonds. The van der Waals surface area contributed by atoms with Crippen molar-refractivity contribution in [1.29, 1.82) is 0 Å². The highest BCUT2D eigenvalue weighted by atomic mass is 79.9. The summed E-state index contributed by atoms with van der Waals surface area (Å²) in [5, 5.41) is 0. The number of halogens is 1. The topological polar surface area (TPSA) is 17.1 Å². The van der Waals surface area contributed by atoms with Crippen LogP contribution in [0.2, 0.25) is 0 Å². The van der Waals surface area contributed by atoms with Gasteiger partial charge in [-0.3, -0.25) is 4.79 Å². The van der Waals surface area contributed by atoms with Gasteiger partial charge in [0.1, 0.15) is 6.29 Å². The lowest BCUT2D eigenvalue weighted by Crippen LogP contribution is -2.15. The van der Waals surface area contributed by atoms with E-state index in [9.17, 15) is 4.79 Å². The number of hydrogen-bond acceptors (Lipinski definition) is 1. The number of carbonyl (C=O) groups is 1. The summed E-state index contributed by atoms with van der Waals surface area (Å²) in [6.45, 7) is 13.6. The summed E-state index contributed by atoms with van der Waals surface area (Å²) in [5.74, 6) is 0. The Bertz CT molecular complexity index is 599. The van der Waals surface area contributed by atoms with Crippen molar-refractivity contribution < 1.29 is 4.79 Å². The first kappa shape index (κ1) is 19.6. The van der Waals surface area contributed by atoms with Crippen LogP contribution in [-0.2, 0) is 10.8 Å². The molecule has 1 nitrogen and oxygen atoms in total. The van der Waals surface area contributed by atoms with E-state index in [0.717, 1.165) is 10.8 Å². The summed E-state index contributed by atoms with van der Waals surface area (Å²) in [4.78, 5) is 10.1. The van der Waals surface area contributed by atoms with Gasteiger partial charge in [-0.15, -0.1) is 0 Å². The highest BCUT2D eigenvalue weighted by Gasteiger charge is 2.18. The molecule has 0 heterocycles. The molecule has 2 rings (SSSR count). The molecule has 0 N–H and O–H groups in total. The van der Waals surface area contributed by atoms with Gasteiger partial charge in [-0.1, -0.05) is 93.9 Å². The average molecular weight is 375 g/mol. The van der Waals surface area contributed by atoms with E-state index in [2.05, 4.69) is 81.7 Å². The van der Waals surface area contributed by atoms with Gasteiger partial charge in [-0.2, -0.15) is 0 Å². The second kappa shape index (κ2) is 7.92. The van der Waals surface area contributed by atoms with Crippen LogP contribution in [0.25, 0.3) is 0 Å². The second-order valence-electron chi connectivity index (χ2n) is 7.75. The van der Waals surface area contributed by atoms with E-state index in [1.54, 1.807) is 12.1 Å². The number of benzene rings is 2. The molecule has 0 spiro atoms. The van der Waals surface area contributed by atoms with E-state index in [0.29, 0.717) is 5.56 Å². The predicted molar refractivity (Wildman–Crippen MR) is 103 cm³/mol. The van der Waals surface area contributed by atoms with Crippen LogP contribution in [0.15, 0.2) is 53.0 Å². The van der Waals surface area contributed by atoms with Crippen LogP contribution in [0.4, 0.5) is 0 Å². The third kappa shape index (κ3) is 6.70. The standard InChI is InChI=1S/C14H22.C7H5BrO/c1-13(2,3)11-8-7-9-12(10-11)14(4,5)6;8-7-3-1-6(5-9)2-4-7/h7-10H,1-6H3;1-5H. The normalized spacial score (nSPS) is 11.4. The van der Waals surface area contributed by atoms with Crippen LogP contribution in [-0.4, -0.2) is 6.29 Å². The largest absolute Gasteiger partial charge is 0.298 e. The maximum atomic E-state index is 10.1. The number of rotatable bonds is 1. The lowest BCUT2D eigenvalue weighted by molar-refractivity contribution is 0.112. The summed E-state index contributed by atoms with van der Waals surface area (Å²) in [6, 6.07) is 16.1. The molecule has 23 heavy (non-hydrogen) atoms. The van der Waals surface area contributed by atoms with E-state index in [1.807, 2.05) is 12.1 Å². The Balaban J connectivity index is 0.000000253. The third-order valence-electron chi connectivity index (χ3n) is 3.60. The zero-order valence-corrected chi connectivity index (χ0v) is 16.6. The van der Waals surface area contributed by atoms with E-state index in [4.69, 9.17) is 0 Å². The zero-order chi connectivity index (χ0) is 17.7. The fourth-order valence-corrected chi connectivity index (χ4v) is 2.26. The molecule has 0 atom stereocenters. The molecule has 0 bridgehead atoms. The van der Waals surface area contributed by atoms with Gasteiger partial charge in [0.15, 0.2) is 0 Å². The molecular formula is C21H27BrO. The average Bonchev–Trinajstić information content (AvgIpc) is 2.47. The Hall–Kier alpha value is -1.41. The summed E-state index contributed by atoms with van der Waals surface area (Å²) in [6.07, 6.45) is 0.826. The molecular weight excluding hydrogens is 348 g/mol. The second-order valence-corrected chi connectivity index (χ2v) is 8.67. The van der Waals surface area contributed by atoms with Crippen molar-refractivity contribution in [2.45, 2.75) is 52.4 Å². The third-order valence-corrected chi connectivity index (χ3v) is 4.13. The minimum atomic E-state index is 0.251. The van der Waals surface area contributed by atoms with Crippen LogP contribution >= 0.6 is 15.9 Å². The highest BCUT2D eigenvalue weighted by molar-refractivity contribution is 9.10. The first-order valence-corrected chi connectivity index (χ1v) is 8.65. The summed E-state index contributed by atoms with van der Waals surface area (Å²) >= 11 is 3.26. The minimum absolute atomic E-state index is 0.251. The molecule has 0 aromatic heterocycles. The first-order chi connectivity index (χ1) is 10.5. The molecule has 0 radical (unpaired) electrons. The van der Waals surface area contributed by atoms with Gasteiger partial charge < -0.3 is 0 Å². The van der Waals surface area contributed by atoms with E-state index < -0.39 is 0 Å². The molecule has 124 valence electrons. The minimum Gasteiger partial charge on any atom is -0.298 e. The van der Waals surface area contributed by atoms with Crippen molar-refractivity contribution in [2.24, 2.45) is 0 Å². The molecule has 0 aliphatic rings. The van der Waals surface area contributed by atoms with Crippen molar-refractivity contribution in [3.63, 3.8) is 0 Å². The first-order valence-electron chi connectivity index (χ1n) is 7.86. The number of aldehydes is 1. The summed E-state index contributed by atoms with van der Waals surface area (Å²) < 4.78 is 0.994. The van der Waals surface area contributed by atoms with Gasteiger partial charge in [-0.25, -0.2) is 0 Å². The molecule has 2 heteroatoms. The van der Waals surface area contributed by atoms with Crippen LogP contribution < -0.4 is 0 Å². The van der Waals surface area contributed by atoms with E-state index in [1.165, 1.54) is 11.1 Å². The van der Waals surface area contributed by atoms with Crippen molar-refractivity contribution in [3.8, 4) is 0 Å². The summed E-state index contributed by atoms with van der Waals surface area (Å²) in [7, 11) is 0. The maximum Gasteiger partial charge on any atom is 0.150 e. The maximum absolute atomic E-state index is 10.1. The van der Waals surface area contributed by atoms with Crippen LogP contribution in [0.3, 0.4) is 0 Å². The number of hydrogen-bond donors (Lipinski definition) is 0. The fraction of sp³-hybridized carbons (Fsp3) is 0.381. The van der Waals surface area contributed by atoms with Gasteiger partial charge in [-0.05, 0) is 34.1 Å². The summed E-state index contributed by atoms with van der Waals surface area (Å²) in [5.41, 5.74) is 4.05.